The van der Waals surface area contributed by atoms with Crippen molar-refractivity contribution < 1.29 is 15.3 Å². The summed E-state index contributed by atoms with van der Waals surface area (Å²) in [5.41, 5.74) is 6.25. The molecule has 0 bridgehead atoms. The molecule has 3 nitrogen and oxygen atoms in total. The fourth-order valence-corrected chi connectivity index (χ4v) is 5.44. The average Bonchev–Trinajstić information content (AvgIpc) is 2.92. The SMILES string of the molecule is Cc1ccc2cc(O)ccc2c1C(c1ccc(-c2ccccc2)cc1)c1c(O)ccc2cc(O)ccc12. The summed E-state index contributed by atoms with van der Waals surface area (Å²) in [4.78, 5) is 0. The number of phenolic OH excluding ortho intramolecular Hbond substituents is 3. The van der Waals surface area contributed by atoms with Gasteiger partial charge in [-0.2, -0.15) is 0 Å². The summed E-state index contributed by atoms with van der Waals surface area (Å²) in [6.07, 6.45) is 0. The number of hydrogen-bond acceptors (Lipinski definition) is 3. The topological polar surface area (TPSA) is 60.7 Å². The van der Waals surface area contributed by atoms with E-state index >= 15 is 0 Å². The average molecular weight is 483 g/mol. The standard InChI is InChI=1S/C34H26O3/c1-21-7-8-25-19-27(35)14-16-29(25)32(21)33(24-11-9-23(10-12-24)22-5-3-2-4-6-22)34-30-17-15-28(36)20-26(30)13-18-31(34)37/h2-20,33,35-37H,1H3. The molecule has 0 heterocycles. The normalized spacial score (nSPS) is 12.1. The van der Waals surface area contributed by atoms with Crippen LogP contribution in [0.4, 0.5) is 0 Å². The minimum absolute atomic E-state index is 0.185. The highest BCUT2D eigenvalue weighted by molar-refractivity contribution is 5.94. The van der Waals surface area contributed by atoms with Crippen molar-refractivity contribution in [3.8, 4) is 28.4 Å². The van der Waals surface area contributed by atoms with Crippen molar-refractivity contribution in [2.45, 2.75) is 12.8 Å². The quantitative estimate of drug-likeness (QED) is 0.222. The molecule has 1 unspecified atom stereocenters. The van der Waals surface area contributed by atoms with E-state index in [2.05, 4.69) is 49.4 Å². The number of hydrogen-bond donors (Lipinski definition) is 3. The van der Waals surface area contributed by atoms with Gasteiger partial charge in [-0.3, -0.25) is 0 Å². The smallest absolute Gasteiger partial charge is 0.120 e. The molecule has 37 heavy (non-hydrogen) atoms. The molecule has 0 amide bonds. The molecule has 0 aromatic heterocycles. The first-order valence-electron chi connectivity index (χ1n) is 12.3. The number of fused-ring (bicyclic) bond motifs is 2. The Hall–Kier alpha value is -4.76. The second-order valence-corrected chi connectivity index (χ2v) is 9.53. The van der Waals surface area contributed by atoms with Crippen molar-refractivity contribution in [1.82, 2.24) is 0 Å². The second-order valence-electron chi connectivity index (χ2n) is 9.53. The Morgan fingerprint density at radius 1 is 0.514 bits per heavy atom. The Bertz CT molecular complexity index is 1660. The van der Waals surface area contributed by atoms with E-state index in [0.717, 1.165) is 54.9 Å². The lowest BCUT2D eigenvalue weighted by atomic mass is 9.78. The lowest BCUT2D eigenvalue weighted by molar-refractivity contribution is 0.468. The predicted octanol–water partition coefficient (Wildman–Crippen LogP) is 8.27. The van der Waals surface area contributed by atoms with Crippen LogP contribution in [-0.2, 0) is 0 Å². The molecule has 0 aliphatic heterocycles. The minimum atomic E-state index is -0.286. The Morgan fingerprint density at radius 3 is 1.73 bits per heavy atom. The summed E-state index contributed by atoms with van der Waals surface area (Å²) in [5, 5.41) is 35.3. The number of phenols is 3. The van der Waals surface area contributed by atoms with Gasteiger partial charge in [0.05, 0.1) is 0 Å². The minimum Gasteiger partial charge on any atom is -0.508 e. The first kappa shape index (κ1) is 22.7. The second kappa shape index (κ2) is 9.03. The molecule has 3 N–H and O–H groups in total. The molecular weight excluding hydrogens is 456 g/mol. The fourth-order valence-electron chi connectivity index (χ4n) is 5.44. The maximum atomic E-state index is 11.3. The highest BCUT2D eigenvalue weighted by atomic mass is 16.3. The number of rotatable bonds is 4. The third-order valence-electron chi connectivity index (χ3n) is 7.21. The maximum Gasteiger partial charge on any atom is 0.120 e. The third kappa shape index (κ3) is 4.05. The first-order chi connectivity index (χ1) is 18.0. The van der Waals surface area contributed by atoms with Gasteiger partial charge in [0.2, 0.25) is 0 Å². The van der Waals surface area contributed by atoms with E-state index in [1.807, 2.05) is 42.5 Å². The van der Waals surface area contributed by atoms with Crippen LogP contribution in [0.25, 0.3) is 32.7 Å². The lowest BCUT2D eigenvalue weighted by Crippen LogP contribution is -2.08. The fraction of sp³-hybridized carbons (Fsp3) is 0.0588. The van der Waals surface area contributed by atoms with Gasteiger partial charge in [-0.25, -0.2) is 0 Å². The summed E-state index contributed by atoms with van der Waals surface area (Å²) < 4.78 is 0. The molecule has 0 saturated heterocycles. The number of aryl methyl sites for hydroxylation is 1. The van der Waals surface area contributed by atoms with Gasteiger partial charge in [-0.1, -0.05) is 84.9 Å². The molecule has 180 valence electrons. The van der Waals surface area contributed by atoms with Gasteiger partial charge in [0.15, 0.2) is 0 Å². The zero-order valence-corrected chi connectivity index (χ0v) is 20.4. The van der Waals surface area contributed by atoms with Crippen LogP contribution in [0, 0.1) is 6.92 Å². The van der Waals surface area contributed by atoms with Crippen LogP contribution in [0.1, 0.15) is 28.2 Å². The molecule has 0 aliphatic rings. The highest BCUT2D eigenvalue weighted by Gasteiger charge is 2.26. The lowest BCUT2D eigenvalue weighted by Gasteiger charge is -2.25. The van der Waals surface area contributed by atoms with Crippen LogP contribution in [0.2, 0.25) is 0 Å². The number of benzene rings is 6. The number of aromatic hydroxyl groups is 3. The predicted molar refractivity (Wildman–Crippen MR) is 150 cm³/mol. The summed E-state index contributed by atoms with van der Waals surface area (Å²) in [6.45, 7) is 2.08. The van der Waals surface area contributed by atoms with Crippen LogP contribution in [0.5, 0.6) is 17.2 Å². The highest BCUT2D eigenvalue weighted by Crippen LogP contribution is 2.45. The molecule has 0 spiro atoms. The van der Waals surface area contributed by atoms with Crippen LogP contribution >= 0.6 is 0 Å². The van der Waals surface area contributed by atoms with Crippen molar-refractivity contribution in [2.24, 2.45) is 0 Å². The first-order valence-corrected chi connectivity index (χ1v) is 12.3. The Morgan fingerprint density at radius 2 is 1.08 bits per heavy atom. The molecule has 1 atom stereocenters. The summed E-state index contributed by atoms with van der Waals surface area (Å²) >= 11 is 0. The summed E-state index contributed by atoms with van der Waals surface area (Å²) in [7, 11) is 0. The van der Waals surface area contributed by atoms with Crippen molar-refractivity contribution >= 4 is 21.5 Å². The van der Waals surface area contributed by atoms with Gasteiger partial charge in [-0.15, -0.1) is 0 Å². The summed E-state index contributed by atoms with van der Waals surface area (Å²) in [6, 6.07) is 37.1. The molecule has 6 aromatic carbocycles. The van der Waals surface area contributed by atoms with E-state index in [0.29, 0.717) is 0 Å². The molecular formula is C34H26O3. The largest absolute Gasteiger partial charge is 0.508 e. The molecule has 0 radical (unpaired) electrons. The van der Waals surface area contributed by atoms with Crippen LogP contribution in [-0.4, -0.2) is 15.3 Å². The zero-order chi connectivity index (χ0) is 25.5. The van der Waals surface area contributed by atoms with Gasteiger partial charge in [0.1, 0.15) is 17.2 Å². The Labute approximate surface area is 215 Å². The van der Waals surface area contributed by atoms with E-state index in [4.69, 9.17) is 0 Å². The van der Waals surface area contributed by atoms with Crippen molar-refractivity contribution in [2.75, 3.05) is 0 Å². The van der Waals surface area contributed by atoms with E-state index in [1.165, 1.54) is 0 Å². The molecule has 6 rings (SSSR count). The maximum absolute atomic E-state index is 11.3. The molecule has 0 saturated carbocycles. The van der Waals surface area contributed by atoms with Crippen molar-refractivity contribution in [3.63, 3.8) is 0 Å². The van der Waals surface area contributed by atoms with E-state index in [9.17, 15) is 15.3 Å². The molecule has 0 aliphatic carbocycles. The van der Waals surface area contributed by atoms with E-state index in [1.54, 1.807) is 30.3 Å². The van der Waals surface area contributed by atoms with Gasteiger partial charge in [0, 0.05) is 11.5 Å². The van der Waals surface area contributed by atoms with Crippen LogP contribution in [0.3, 0.4) is 0 Å². The van der Waals surface area contributed by atoms with Crippen molar-refractivity contribution in [3.05, 3.63) is 138 Å². The van der Waals surface area contributed by atoms with E-state index < -0.39 is 0 Å². The van der Waals surface area contributed by atoms with Crippen LogP contribution < -0.4 is 0 Å². The van der Waals surface area contributed by atoms with Gasteiger partial charge < -0.3 is 15.3 Å². The zero-order valence-electron chi connectivity index (χ0n) is 20.4. The third-order valence-corrected chi connectivity index (χ3v) is 7.21. The summed E-state index contributed by atoms with van der Waals surface area (Å²) in [5.74, 6) is 0.316. The molecule has 6 aromatic rings. The van der Waals surface area contributed by atoms with Crippen molar-refractivity contribution in [1.29, 1.82) is 0 Å². The molecule has 0 fully saturated rings. The molecule has 3 heteroatoms. The van der Waals surface area contributed by atoms with Gasteiger partial charge >= 0.3 is 0 Å². The van der Waals surface area contributed by atoms with Crippen LogP contribution in [0.15, 0.2) is 115 Å². The van der Waals surface area contributed by atoms with Gasteiger partial charge in [0.25, 0.3) is 0 Å². The van der Waals surface area contributed by atoms with E-state index in [-0.39, 0.29) is 23.2 Å². The Kier molecular flexibility index (Phi) is 5.54. The van der Waals surface area contributed by atoms with Gasteiger partial charge in [-0.05, 0) is 86.6 Å². The Balaban J connectivity index is 1.65. The monoisotopic (exact) mass is 482 g/mol.